The summed E-state index contributed by atoms with van der Waals surface area (Å²) in [5.74, 6) is 0.602. The van der Waals surface area contributed by atoms with Crippen LogP contribution >= 0.6 is 23.2 Å². The van der Waals surface area contributed by atoms with Gasteiger partial charge in [-0.25, -0.2) is 0 Å². The Morgan fingerprint density at radius 2 is 2.00 bits per heavy atom. The first-order chi connectivity index (χ1) is 6.44. The summed E-state index contributed by atoms with van der Waals surface area (Å²) < 4.78 is 5.65. The van der Waals surface area contributed by atoms with E-state index in [0.29, 0.717) is 15.8 Å². The van der Waals surface area contributed by atoms with Crippen LogP contribution in [0.25, 0.3) is 0 Å². The summed E-state index contributed by atoms with van der Waals surface area (Å²) in [6.07, 6.45) is 5.35. The van der Waals surface area contributed by atoms with Crippen molar-refractivity contribution in [1.29, 1.82) is 0 Å². The zero-order chi connectivity index (χ0) is 10.8. The summed E-state index contributed by atoms with van der Waals surface area (Å²) >= 11 is 11.7. The van der Waals surface area contributed by atoms with Gasteiger partial charge in [0.2, 0.25) is 0 Å². The monoisotopic (exact) mass is 244 g/mol. The zero-order valence-corrected chi connectivity index (χ0v) is 10.5. The average Bonchev–Trinajstić information content (AvgIpc) is 2.10. The second-order valence-electron chi connectivity index (χ2n) is 3.33. The van der Waals surface area contributed by atoms with Gasteiger partial charge >= 0.3 is 8.32 Å². The Labute approximate surface area is 95.1 Å². The molecule has 0 saturated heterocycles. The molecule has 1 nitrogen and oxygen atoms in total. The number of terminal acetylenes is 1. The third-order valence-electron chi connectivity index (χ3n) is 1.61. The third kappa shape index (κ3) is 2.95. The molecule has 1 aromatic rings. The third-order valence-corrected chi connectivity index (χ3v) is 3.56. The summed E-state index contributed by atoms with van der Waals surface area (Å²) in [5, 5.41) is 1.08. The van der Waals surface area contributed by atoms with Gasteiger partial charge in [0.25, 0.3) is 0 Å². The molecule has 0 bridgehead atoms. The van der Waals surface area contributed by atoms with Crippen LogP contribution in [0.1, 0.15) is 0 Å². The molecule has 0 unspecified atom stereocenters. The van der Waals surface area contributed by atoms with Crippen molar-refractivity contribution in [3.05, 3.63) is 28.2 Å². The minimum atomic E-state index is -2.07. The molecule has 0 spiro atoms. The molecule has 0 saturated carbocycles. The van der Waals surface area contributed by atoms with E-state index >= 15 is 0 Å². The zero-order valence-electron chi connectivity index (χ0n) is 7.97. The number of rotatable bonds is 2. The van der Waals surface area contributed by atoms with Crippen LogP contribution in [0.15, 0.2) is 18.2 Å². The van der Waals surface area contributed by atoms with Gasteiger partial charge in [-0.15, -0.1) is 6.42 Å². The van der Waals surface area contributed by atoms with Crippen molar-refractivity contribution >= 4 is 31.5 Å². The lowest BCUT2D eigenvalue weighted by molar-refractivity contribution is 0.566. The van der Waals surface area contributed by atoms with Crippen LogP contribution in [-0.4, -0.2) is 8.32 Å². The van der Waals surface area contributed by atoms with Gasteiger partial charge in [-0.2, -0.15) is 0 Å². The second kappa shape index (κ2) is 4.27. The second-order valence-corrected chi connectivity index (χ2v) is 7.69. The predicted molar refractivity (Wildman–Crippen MR) is 63.4 cm³/mol. The number of benzene rings is 1. The molecule has 0 aliphatic carbocycles. The molecule has 1 aromatic carbocycles. The van der Waals surface area contributed by atoms with Crippen molar-refractivity contribution in [2.75, 3.05) is 0 Å². The van der Waals surface area contributed by atoms with Crippen LogP contribution in [0.5, 0.6) is 5.75 Å². The van der Waals surface area contributed by atoms with E-state index in [1.54, 1.807) is 18.2 Å². The molecular formula is C10H10Cl2OSi. The van der Waals surface area contributed by atoms with Crippen LogP contribution in [0.2, 0.25) is 23.1 Å². The van der Waals surface area contributed by atoms with Crippen LogP contribution in [-0.2, 0) is 0 Å². The van der Waals surface area contributed by atoms with E-state index < -0.39 is 8.32 Å². The molecule has 4 heteroatoms. The number of hydrogen-bond donors (Lipinski definition) is 0. The SMILES string of the molecule is C#C[Si](C)(C)Oc1ccc(Cl)cc1Cl. The van der Waals surface area contributed by atoms with Gasteiger partial charge in [-0.3, -0.25) is 0 Å². The van der Waals surface area contributed by atoms with Gasteiger partial charge in [-0.05, 0) is 31.3 Å². The molecule has 1 rings (SSSR count). The standard InChI is InChI=1S/C10H10Cl2OSi/c1-4-14(2,3)13-10-6-5-8(11)7-9(10)12/h1,5-7H,2-3H3. The van der Waals surface area contributed by atoms with Crippen molar-refractivity contribution in [2.24, 2.45) is 0 Å². The minimum absolute atomic E-state index is 0.494. The first-order valence-electron chi connectivity index (χ1n) is 4.06. The van der Waals surface area contributed by atoms with Crippen molar-refractivity contribution < 1.29 is 4.43 Å². The van der Waals surface area contributed by atoms with Crippen molar-refractivity contribution in [3.63, 3.8) is 0 Å². The van der Waals surface area contributed by atoms with Gasteiger partial charge in [0, 0.05) is 5.02 Å². The first kappa shape index (κ1) is 11.5. The van der Waals surface area contributed by atoms with Crippen molar-refractivity contribution in [3.8, 4) is 17.7 Å². The van der Waals surface area contributed by atoms with E-state index in [1.165, 1.54) is 0 Å². The molecule has 0 radical (unpaired) electrons. The normalized spacial score (nSPS) is 10.8. The van der Waals surface area contributed by atoms with Crippen LogP contribution in [0, 0.1) is 12.0 Å². The summed E-state index contributed by atoms with van der Waals surface area (Å²) in [6, 6.07) is 5.10. The molecule has 0 aromatic heterocycles. The highest BCUT2D eigenvalue weighted by atomic mass is 35.5. The van der Waals surface area contributed by atoms with Crippen molar-refractivity contribution in [2.45, 2.75) is 13.1 Å². The number of halogens is 2. The largest absolute Gasteiger partial charge is 0.531 e. The molecular weight excluding hydrogens is 235 g/mol. The Morgan fingerprint density at radius 3 is 2.50 bits per heavy atom. The Morgan fingerprint density at radius 1 is 1.36 bits per heavy atom. The van der Waals surface area contributed by atoms with Crippen LogP contribution < -0.4 is 4.43 Å². The molecule has 0 heterocycles. The maximum Gasteiger partial charge on any atom is 0.323 e. The van der Waals surface area contributed by atoms with Gasteiger partial charge in [0.1, 0.15) is 5.75 Å². The average molecular weight is 245 g/mol. The smallest absolute Gasteiger partial charge is 0.323 e. The van der Waals surface area contributed by atoms with Gasteiger partial charge in [0.05, 0.1) is 5.02 Å². The molecule has 14 heavy (non-hydrogen) atoms. The first-order valence-corrected chi connectivity index (χ1v) is 7.73. The van der Waals surface area contributed by atoms with E-state index in [-0.39, 0.29) is 0 Å². The fourth-order valence-electron chi connectivity index (χ4n) is 0.862. The fourth-order valence-corrected chi connectivity index (χ4v) is 2.16. The molecule has 0 fully saturated rings. The van der Waals surface area contributed by atoms with Gasteiger partial charge in [0.15, 0.2) is 0 Å². The highest BCUT2D eigenvalue weighted by molar-refractivity contribution is 6.79. The predicted octanol–water partition coefficient (Wildman–Crippen LogP) is 3.75. The summed E-state index contributed by atoms with van der Waals surface area (Å²) in [5.41, 5.74) is 2.66. The van der Waals surface area contributed by atoms with Crippen LogP contribution in [0.3, 0.4) is 0 Å². The minimum Gasteiger partial charge on any atom is -0.531 e. The summed E-state index contributed by atoms with van der Waals surface area (Å²) in [7, 11) is -2.07. The Kier molecular flexibility index (Phi) is 3.49. The Balaban J connectivity index is 2.94. The molecule has 74 valence electrons. The topological polar surface area (TPSA) is 9.23 Å². The van der Waals surface area contributed by atoms with E-state index in [2.05, 4.69) is 5.54 Å². The van der Waals surface area contributed by atoms with E-state index in [9.17, 15) is 0 Å². The molecule has 0 aliphatic heterocycles. The lowest BCUT2D eigenvalue weighted by Crippen LogP contribution is -2.32. The molecule has 0 amide bonds. The highest BCUT2D eigenvalue weighted by Crippen LogP contribution is 2.29. The van der Waals surface area contributed by atoms with E-state index in [4.69, 9.17) is 34.1 Å². The van der Waals surface area contributed by atoms with Gasteiger partial charge in [-0.1, -0.05) is 28.7 Å². The Hall–Kier alpha value is -0.623. The summed E-state index contributed by atoms with van der Waals surface area (Å²) in [4.78, 5) is 0. The molecule has 0 N–H and O–H groups in total. The van der Waals surface area contributed by atoms with Crippen molar-refractivity contribution in [1.82, 2.24) is 0 Å². The fraction of sp³-hybridized carbons (Fsp3) is 0.200. The van der Waals surface area contributed by atoms with Crippen LogP contribution in [0.4, 0.5) is 0 Å². The van der Waals surface area contributed by atoms with E-state index in [0.717, 1.165) is 0 Å². The Bertz CT molecular complexity index is 382. The number of hydrogen-bond acceptors (Lipinski definition) is 1. The maximum atomic E-state index is 5.94. The molecule has 0 atom stereocenters. The maximum absolute atomic E-state index is 5.94. The van der Waals surface area contributed by atoms with E-state index in [1.807, 2.05) is 13.1 Å². The van der Waals surface area contributed by atoms with Gasteiger partial charge < -0.3 is 4.43 Å². The summed E-state index contributed by atoms with van der Waals surface area (Å²) in [6.45, 7) is 3.86. The lowest BCUT2D eigenvalue weighted by Gasteiger charge is -2.18. The highest BCUT2D eigenvalue weighted by Gasteiger charge is 2.22. The quantitative estimate of drug-likeness (QED) is 0.569. The molecule has 0 aliphatic rings. The lowest BCUT2D eigenvalue weighted by atomic mass is 10.3.